The van der Waals surface area contributed by atoms with E-state index in [1.54, 1.807) is 0 Å². The van der Waals surface area contributed by atoms with Crippen molar-refractivity contribution in [3.8, 4) is 11.1 Å². The number of fused-ring (bicyclic) bond motifs is 1. The topological polar surface area (TPSA) is 73.6 Å². The smallest absolute Gasteiger partial charge is 0.264 e. The lowest BCUT2D eigenvalue weighted by molar-refractivity contribution is 0.315. The second-order valence-electron chi connectivity index (χ2n) is 5.63. The van der Waals surface area contributed by atoms with E-state index >= 15 is 0 Å². The van der Waals surface area contributed by atoms with Crippen LogP contribution in [0.3, 0.4) is 0 Å². The van der Waals surface area contributed by atoms with E-state index in [2.05, 4.69) is 4.18 Å². The van der Waals surface area contributed by atoms with Gasteiger partial charge in [0.25, 0.3) is 10.1 Å². The van der Waals surface area contributed by atoms with E-state index in [1.807, 2.05) is 0 Å². The number of benzene rings is 2. The maximum absolute atomic E-state index is 14.1. The summed E-state index contributed by atoms with van der Waals surface area (Å²) in [5.74, 6) is -1.25. The monoisotopic (exact) mass is 380 g/mol. The van der Waals surface area contributed by atoms with Gasteiger partial charge in [0.05, 0.1) is 18.4 Å². The first-order valence-electron chi connectivity index (χ1n) is 7.61. The minimum absolute atomic E-state index is 0.0181. The molecule has 3 rings (SSSR count). The van der Waals surface area contributed by atoms with Gasteiger partial charge in [0.2, 0.25) is 5.43 Å². The van der Waals surface area contributed by atoms with Crippen LogP contribution in [-0.4, -0.2) is 21.3 Å². The van der Waals surface area contributed by atoms with Gasteiger partial charge in [-0.2, -0.15) is 8.42 Å². The molecule has 0 saturated heterocycles. The lowest BCUT2D eigenvalue weighted by atomic mass is 10.0. The summed E-state index contributed by atoms with van der Waals surface area (Å²) < 4.78 is 60.3. The molecule has 5 nitrogen and oxygen atoms in total. The van der Waals surface area contributed by atoms with Crippen molar-refractivity contribution < 1.29 is 25.8 Å². The van der Waals surface area contributed by atoms with Gasteiger partial charge in [-0.3, -0.25) is 8.98 Å². The number of hydrogen-bond donors (Lipinski definition) is 0. The predicted octanol–water partition coefficient (Wildman–Crippen LogP) is 3.26. The van der Waals surface area contributed by atoms with Crippen LogP contribution in [0.5, 0.6) is 0 Å². The summed E-state index contributed by atoms with van der Waals surface area (Å²) in [7, 11) is -3.68. The molecule has 0 radical (unpaired) electrons. The molecule has 0 amide bonds. The standard InChI is InChI=1S/C18H14F2O5S/c1-26(22,23)24-9-8-15-16(11-4-2-5-12(19)10-11)18(21)17-13(20)6-3-7-14(17)25-15/h2-7,10H,8-9H2,1H3. The van der Waals surface area contributed by atoms with Gasteiger partial charge in [0.1, 0.15) is 28.4 Å². The molecule has 136 valence electrons. The highest BCUT2D eigenvalue weighted by atomic mass is 32.2. The fourth-order valence-electron chi connectivity index (χ4n) is 2.64. The zero-order chi connectivity index (χ0) is 18.9. The molecular weight excluding hydrogens is 366 g/mol. The average Bonchev–Trinajstić information content (AvgIpc) is 2.53. The summed E-state index contributed by atoms with van der Waals surface area (Å²) in [5.41, 5.74) is -0.466. The summed E-state index contributed by atoms with van der Waals surface area (Å²) in [6.07, 6.45) is 0.826. The molecule has 8 heteroatoms. The Morgan fingerprint density at radius 2 is 1.85 bits per heavy atom. The molecular formula is C18H14F2O5S. The zero-order valence-corrected chi connectivity index (χ0v) is 14.5. The Hall–Kier alpha value is -2.58. The van der Waals surface area contributed by atoms with E-state index in [9.17, 15) is 22.0 Å². The molecule has 2 aromatic carbocycles. The summed E-state index contributed by atoms with van der Waals surface area (Å²) in [4.78, 5) is 12.9. The highest BCUT2D eigenvalue weighted by molar-refractivity contribution is 7.85. The molecule has 0 aliphatic heterocycles. The van der Waals surface area contributed by atoms with Gasteiger partial charge >= 0.3 is 0 Å². The molecule has 0 N–H and O–H groups in total. The first kappa shape index (κ1) is 18.2. The van der Waals surface area contributed by atoms with Crippen LogP contribution in [0.4, 0.5) is 8.78 Å². The Kier molecular flexibility index (Phi) is 4.88. The first-order chi connectivity index (χ1) is 12.3. The summed E-state index contributed by atoms with van der Waals surface area (Å²) in [5, 5.41) is -0.250. The second kappa shape index (κ2) is 6.97. The van der Waals surface area contributed by atoms with Crippen LogP contribution in [0.2, 0.25) is 0 Å². The van der Waals surface area contributed by atoms with E-state index in [-0.39, 0.29) is 40.9 Å². The van der Waals surface area contributed by atoms with E-state index in [4.69, 9.17) is 4.42 Å². The van der Waals surface area contributed by atoms with Crippen LogP contribution < -0.4 is 5.43 Å². The van der Waals surface area contributed by atoms with Crippen molar-refractivity contribution in [1.29, 1.82) is 0 Å². The number of halogens is 2. The fourth-order valence-corrected chi connectivity index (χ4v) is 3.03. The van der Waals surface area contributed by atoms with Crippen LogP contribution in [0.15, 0.2) is 51.7 Å². The number of rotatable bonds is 5. The quantitative estimate of drug-likeness (QED) is 0.635. The SMILES string of the molecule is CS(=O)(=O)OCCc1oc2cccc(F)c2c(=O)c1-c1cccc(F)c1. The second-order valence-corrected chi connectivity index (χ2v) is 7.27. The Labute approximate surface area is 148 Å². The van der Waals surface area contributed by atoms with Gasteiger partial charge < -0.3 is 4.42 Å². The Morgan fingerprint density at radius 1 is 1.12 bits per heavy atom. The van der Waals surface area contributed by atoms with Crippen molar-refractivity contribution >= 4 is 21.1 Å². The largest absolute Gasteiger partial charge is 0.460 e. The summed E-state index contributed by atoms with van der Waals surface area (Å²) in [6, 6.07) is 9.17. The Morgan fingerprint density at radius 3 is 2.54 bits per heavy atom. The van der Waals surface area contributed by atoms with Crippen molar-refractivity contribution in [2.24, 2.45) is 0 Å². The molecule has 1 heterocycles. The van der Waals surface area contributed by atoms with E-state index in [0.29, 0.717) is 0 Å². The number of hydrogen-bond acceptors (Lipinski definition) is 5. The maximum atomic E-state index is 14.1. The molecule has 0 fully saturated rings. The van der Waals surface area contributed by atoms with Gasteiger partial charge in [0.15, 0.2) is 0 Å². The van der Waals surface area contributed by atoms with Crippen LogP contribution in [0.1, 0.15) is 5.76 Å². The highest BCUT2D eigenvalue weighted by Crippen LogP contribution is 2.26. The molecule has 1 aromatic heterocycles. The third kappa shape index (κ3) is 3.81. The molecule has 0 aliphatic carbocycles. The van der Waals surface area contributed by atoms with E-state index < -0.39 is 27.2 Å². The van der Waals surface area contributed by atoms with Crippen molar-refractivity contribution in [2.45, 2.75) is 6.42 Å². The molecule has 0 bridgehead atoms. The normalized spacial score (nSPS) is 11.8. The average molecular weight is 380 g/mol. The third-order valence-corrected chi connectivity index (χ3v) is 4.28. The van der Waals surface area contributed by atoms with E-state index in [0.717, 1.165) is 18.4 Å². The molecule has 0 saturated carbocycles. The van der Waals surface area contributed by atoms with Gasteiger partial charge in [-0.15, -0.1) is 0 Å². The van der Waals surface area contributed by atoms with Gasteiger partial charge in [-0.05, 0) is 29.8 Å². The minimum atomic E-state index is -3.68. The maximum Gasteiger partial charge on any atom is 0.264 e. The fraction of sp³-hybridized carbons (Fsp3) is 0.167. The Bertz CT molecular complexity index is 1140. The molecule has 3 aromatic rings. The van der Waals surface area contributed by atoms with Crippen LogP contribution >= 0.6 is 0 Å². The summed E-state index contributed by atoms with van der Waals surface area (Å²) >= 11 is 0. The summed E-state index contributed by atoms with van der Waals surface area (Å²) in [6.45, 7) is -0.273. The third-order valence-electron chi connectivity index (χ3n) is 3.68. The van der Waals surface area contributed by atoms with Gasteiger partial charge in [-0.1, -0.05) is 18.2 Å². The molecule has 0 aliphatic rings. The van der Waals surface area contributed by atoms with Gasteiger partial charge in [-0.25, -0.2) is 8.78 Å². The zero-order valence-electron chi connectivity index (χ0n) is 13.7. The highest BCUT2D eigenvalue weighted by Gasteiger charge is 2.19. The van der Waals surface area contributed by atoms with Crippen molar-refractivity contribution in [2.75, 3.05) is 12.9 Å². The van der Waals surface area contributed by atoms with Crippen LogP contribution in [0, 0.1) is 11.6 Å². The van der Waals surface area contributed by atoms with Gasteiger partial charge in [0, 0.05) is 6.42 Å². The minimum Gasteiger partial charge on any atom is -0.460 e. The lowest BCUT2D eigenvalue weighted by Crippen LogP contribution is -2.13. The molecule has 0 atom stereocenters. The van der Waals surface area contributed by atoms with E-state index in [1.165, 1.54) is 30.3 Å². The molecule has 0 spiro atoms. The molecule has 26 heavy (non-hydrogen) atoms. The van der Waals surface area contributed by atoms with Crippen molar-refractivity contribution in [3.63, 3.8) is 0 Å². The van der Waals surface area contributed by atoms with Crippen LogP contribution in [-0.2, 0) is 20.7 Å². The predicted molar refractivity (Wildman–Crippen MR) is 92.3 cm³/mol. The molecule has 0 unspecified atom stereocenters. The van der Waals surface area contributed by atoms with Crippen molar-refractivity contribution in [1.82, 2.24) is 0 Å². The lowest BCUT2D eigenvalue weighted by Gasteiger charge is -2.11. The Balaban J connectivity index is 2.21. The van der Waals surface area contributed by atoms with Crippen LogP contribution in [0.25, 0.3) is 22.1 Å². The van der Waals surface area contributed by atoms with Crippen molar-refractivity contribution in [3.05, 3.63) is 70.1 Å². The first-order valence-corrected chi connectivity index (χ1v) is 9.42.